The lowest BCUT2D eigenvalue weighted by Gasteiger charge is -2.21. The van der Waals surface area contributed by atoms with Crippen LogP contribution >= 0.6 is 0 Å². The zero-order chi connectivity index (χ0) is 9.30. The summed E-state index contributed by atoms with van der Waals surface area (Å²) >= 11 is 0. The third-order valence-electron chi connectivity index (χ3n) is 2.14. The average molecular weight is 177 g/mol. The summed E-state index contributed by atoms with van der Waals surface area (Å²) in [6, 6.07) is 0. The summed E-state index contributed by atoms with van der Waals surface area (Å²) in [5.41, 5.74) is 0. The molecule has 4 atom stereocenters. The Labute approximate surface area is 70.9 Å². The first-order chi connectivity index (χ1) is 5.52. The molecular weight excluding hydrogens is 162 g/mol. The molecule has 12 heavy (non-hydrogen) atoms. The number of hydrogen-bond donors (Lipinski definition) is 4. The Morgan fingerprint density at radius 2 is 1.25 bits per heavy atom. The molecule has 4 N–H and O–H groups in total. The molecule has 4 unspecified atom stereocenters. The highest BCUT2D eigenvalue weighted by Gasteiger charge is 2.34. The topological polar surface area (TPSA) is 84.2 Å². The van der Waals surface area contributed by atoms with E-state index in [4.69, 9.17) is 0 Å². The molecule has 0 aromatic carbocycles. The Bertz CT molecular complexity index is 138. The van der Waals surface area contributed by atoms with Crippen molar-refractivity contribution in [3.63, 3.8) is 0 Å². The van der Waals surface area contributed by atoms with Crippen LogP contribution in [0.15, 0.2) is 0 Å². The first kappa shape index (κ1) is 9.88. The Morgan fingerprint density at radius 3 is 1.58 bits per heavy atom. The Hall–Kier alpha value is -0.200. The molecule has 1 saturated heterocycles. The summed E-state index contributed by atoms with van der Waals surface area (Å²) in [6.07, 6.45) is -4.51. The number of aliphatic hydroxyl groups is 4. The summed E-state index contributed by atoms with van der Waals surface area (Å²) in [5, 5.41) is 37.0. The van der Waals surface area contributed by atoms with Crippen LogP contribution in [0.4, 0.5) is 0 Å². The van der Waals surface area contributed by atoms with Gasteiger partial charge in [0.2, 0.25) is 0 Å². The summed E-state index contributed by atoms with van der Waals surface area (Å²) < 4.78 is 0. The number of aliphatic hydroxyl groups excluding tert-OH is 4. The van der Waals surface area contributed by atoms with Crippen molar-refractivity contribution in [2.75, 3.05) is 20.1 Å². The molecule has 0 aromatic rings. The monoisotopic (exact) mass is 177 g/mol. The highest BCUT2D eigenvalue weighted by atomic mass is 16.4. The van der Waals surface area contributed by atoms with Crippen molar-refractivity contribution in [1.82, 2.24) is 4.90 Å². The standard InChI is InChI=1S/C7H15NO4/c1-8-2-4(9)6(11)7(12)5(10)3-8/h4-7,9-12H,2-3H2,1H3. The Kier molecular flexibility index (Phi) is 3.03. The van der Waals surface area contributed by atoms with Gasteiger partial charge >= 0.3 is 0 Å². The second-order valence-electron chi connectivity index (χ2n) is 3.34. The van der Waals surface area contributed by atoms with Gasteiger partial charge in [0.05, 0.1) is 12.2 Å². The summed E-state index contributed by atoms with van der Waals surface area (Å²) in [4.78, 5) is 1.66. The van der Waals surface area contributed by atoms with Gasteiger partial charge in [0.15, 0.2) is 0 Å². The summed E-state index contributed by atoms with van der Waals surface area (Å²) in [6.45, 7) is 0.518. The highest BCUT2D eigenvalue weighted by Crippen LogP contribution is 2.11. The third kappa shape index (κ3) is 1.94. The van der Waals surface area contributed by atoms with E-state index in [1.807, 2.05) is 0 Å². The smallest absolute Gasteiger partial charge is 0.110 e. The van der Waals surface area contributed by atoms with Gasteiger partial charge in [-0.15, -0.1) is 0 Å². The van der Waals surface area contributed by atoms with E-state index < -0.39 is 24.4 Å². The molecule has 0 aliphatic carbocycles. The summed E-state index contributed by atoms with van der Waals surface area (Å²) in [7, 11) is 1.71. The van der Waals surface area contributed by atoms with Crippen LogP contribution in [0.5, 0.6) is 0 Å². The van der Waals surface area contributed by atoms with E-state index in [1.54, 1.807) is 11.9 Å². The van der Waals surface area contributed by atoms with Crippen molar-refractivity contribution in [2.45, 2.75) is 24.4 Å². The van der Waals surface area contributed by atoms with E-state index in [0.717, 1.165) is 0 Å². The molecule has 0 bridgehead atoms. The van der Waals surface area contributed by atoms with Crippen LogP contribution in [0, 0.1) is 0 Å². The molecule has 0 aromatic heterocycles. The molecule has 0 spiro atoms. The zero-order valence-corrected chi connectivity index (χ0v) is 6.96. The Morgan fingerprint density at radius 1 is 0.917 bits per heavy atom. The summed E-state index contributed by atoms with van der Waals surface area (Å²) in [5.74, 6) is 0. The molecule has 1 aliphatic rings. The van der Waals surface area contributed by atoms with E-state index in [2.05, 4.69) is 0 Å². The van der Waals surface area contributed by atoms with Gasteiger partial charge in [-0.05, 0) is 7.05 Å². The van der Waals surface area contributed by atoms with Crippen LogP contribution in [-0.4, -0.2) is 69.9 Å². The van der Waals surface area contributed by atoms with Crippen molar-refractivity contribution in [1.29, 1.82) is 0 Å². The lowest BCUT2D eigenvalue weighted by Crippen LogP contribution is -2.43. The van der Waals surface area contributed by atoms with E-state index in [1.165, 1.54) is 0 Å². The van der Waals surface area contributed by atoms with E-state index in [-0.39, 0.29) is 13.1 Å². The van der Waals surface area contributed by atoms with Crippen molar-refractivity contribution in [3.8, 4) is 0 Å². The maximum atomic E-state index is 9.25. The molecule has 0 amide bonds. The SMILES string of the molecule is CN1CC(O)C(O)C(O)C(O)C1. The van der Waals surface area contributed by atoms with Gasteiger partial charge in [-0.3, -0.25) is 0 Å². The fourth-order valence-electron chi connectivity index (χ4n) is 1.38. The van der Waals surface area contributed by atoms with E-state index >= 15 is 0 Å². The largest absolute Gasteiger partial charge is 0.389 e. The van der Waals surface area contributed by atoms with Crippen LogP contribution in [0.2, 0.25) is 0 Å². The second kappa shape index (κ2) is 3.68. The van der Waals surface area contributed by atoms with Gasteiger partial charge in [-0.2, -0.15) is 0 Å². The normalized spacial score (nSPS) is 45.8. The van der Waals surface area contributed by atoms with Gasteiger partial charge in [0, 0.05) is 13.1 Å². The van der Waals surface area contributed by atoms with Crippen molar-refractivity contribution < 1.29 is 20.4 Å². The van der Waals surface area contributed by atoms with E-state index in [9.17, 15) is 20.4 Å². The molecule has 0 radical (unpaired) electrons. The third-order valence-corrected chi connectivity index (χ3v) is 2.14. The highest BCUT2D eigenvalue weighted by molar-refractivity contribution is 4.87. The first-order valence-electron chi connectivity index (χ1n) is 3.93. The number of β-amino-alcohol motifs (C(OH)–C–C–N with tert-alkyl or cyclic N) is 2. The number of likely N-dealkylation sites (N-methyl/N-ethyl adjacent to an activating group) is 1. The molecule has 5 nitrogen and oxygen atoms in total. The zero-order valence-electron chi connectivity index (χ0n) is 6.96. The molecule has 1 rings (SSSR count). The van der Waals surface area contributed by atoms with Gasteiger partial charge in [-0.25, -0.2) is 0 Å². The van der Waals surface area contributed by atoms with Gasteiger partial charge in [0.25, 0.3) is 0 Å². The molecule has 72 valence electrons. The fraction of sp³-hybridized carbons (Fsp3) is 1.00. The van der Waals surface area contributed by atoms with Crippen LogP contribution in [0.1, 0.15) is 0 Å². The van der Waals surface area contributed by atoms with Crippen LogP contribution in [0.25, 0.3) is 0 Å². The quantitative estimate of drug-likeness (QED) is 0.325. The minimum Gasteiger partial charge on any atom is -0.389 e. The minimum atomic E-state index is -1.26. The predicted octanol–water partition coefficient (Wildman–Crippen LogP) is -2.62. The minimum absolute atomic E-state index is 0.259. The van der Waals surface area contributed by atoms with Crippen LogP contribution < -0.4 is 0 Å². The van der Waals surface area contributed by atoms with E-state index in [0.29, 0.717) is 0 Å². The maximum Gasteiger partial charge on any atom is 0.110 e. The van der Waals surface area contributed by atoms with Crippen molar-refractivity contribution in [2.24, 2.45) is 0 Å². The second-order valence-corrected chi connectivity index (χ2v) is 3.34. The average Bonchev–Trinajstić information content (AvgIpc) is 2.05. The molecule has 0 saturated carbocycles. The lowest BCUT2D eigenvalue weighted by molar-refractivity contribution is -0.0894. The van der Waals surface area contributed by atoms with Crippen molar-refractivity contribution in [3.05, 3.63) is 0 Å². The molecule has 1 heterocycles. The van der Waals surface area contributed by atoms with Gasteiger partial charge in [0.1, 0.15) is 12.2 Å². The number of nitrogens with zero attached hydrogens (tertiary/aromatic N) is 1. The number of likely N-dealkylation sites (tertiary alicyclic amines) is 1. The molecule has 5 heteroatoms. The van der Waals surface area contributed by atoms with Crippen LogP contribution in [-0.2, 0) is 0 Å². The number of rotatable bonds is 0. The van der Waals surface area contributed by atoms with Gasteiger partial charge in [-0.1, -0.05) is 0 Å². The predicted molar refractivity (Wildman–Crippen MR) is 41.5 cm³/mol. The first-order valence-corrected chi connectivity index (χ1v) is 3.93. The molecule has 1 fully saturated rings. The fourth-order valence-corrected chi connectivity index (χ4v) is 1.38. The van der Waals surface area contributed by atoms with Gasteiger partial charge < -0.3 is 25.3 Å². The molecule has 1 aliphatic heterocycles. The number of hydrogen-bond acceptors (Lipinski definition) is 5. The molecular formula is C7H15NO4. The van der Waals surface area contributed by atoms with Crippen molar-refractivity contribution >= 4 is 0 Å². The Balaban J connectivity index is 2.66. The lowest BCUT2D eigenvalue weighted by atomic mass is 10.1. The maximum absolute atomic E-state index is 9.25. The van der Waals surface area contributed by atoms with Crippen LogP contribution in [0.3, 0.4) is 0 Å².